The number of hydrogen-bond donors (Lipinski definition) is 2. The van der Waals surface area contributed by atoms with Crippen molar-refractivity contribution in [2.24, 2.45) is 0 Å². The van der Waals surface area contributed by atoms with Gasteiger partial charge in [-0.25, -0.2) is 0 Å². The van der Waals surface area contributed by atoms with Crippen molar-refractivity contribution in [2.45, 2.75) is 19.3 Å². The predicted molar refractivity (Wildman–Crippen MR) is 132 cm³/mol. The second kappa shape index (κ2) is 9.90. The normalized spacial score (nSPS) is 10.7. The fraction of sp³-hybridized carbons (Fsp3) is 0.120. The summed E-state index contributed by atoms with van der Waals surface area (Å²) in [6, 6.07) is 25.3. The number of hydrogen-bond acceptors (Lipinski definition) is 3. The quantitative estimate of drug-likeness (QED) is 0.295. The largest absolute Gasteiger partial charge is 0.324 e. The number of para-hydroxylation sites is 2. The number of halogens is 1. The van der Waals surface area contributed by atoms with Crippen LogP contribution in [0.5, 0.6) is 0 Å². The lowest BCUT2D eigenvalue weighted by atomic mass is 10.1. The molecule has 4 nitrogen and oxygen atoms in total. The van der Waals surface area contributed by atoms with E-state index in [4.69, 9.17) is 0 Å². The Morgan fingerprint density at radius 3 is 2.19 bits per heavy atom. The zero-order chi connectivity index (χ0) is 21.6. The van der Waals surface area contributed by atoms with Crippen molar-refractivity contribution in [1.82, 2.24) is 0 Å². The van der Waals surface area contributed by atoms with Gasteiger partial charge in [0.1, 0.15) is 4.88 Å². The van der Waals surface area contributed by atoms with Gasteiger partial charge in [-0.15, -0.1) is 11.3 Å². The van der Waals surface area contributed by atoms with E-state index < -0.39 is 0 Å². The molecule has 0 saturated carbocycles. The molecule has 0 aliphatic heterocycles. The summed E-state index contributed by atoms with van der Waals surface area (Å²) in [6.45, 7) is 0. The van der Waals surface area contributed by atoms with Crippen LogP contribution in [-0.2, 0) is 11.2 Å². The number of amides is 2. The maximum Gasteiger partial charge on any atom is 0.266 e. The van der Waals surface area contributed by atoms with Crippen LogP contribution in [0.3, 0.4) is 0 Å². The van der Waals surface area contributed by atoms with Crippen molar-refractivity contribution >= 4 is 60.5 Å². The van der Waals surface area contributed by atoms with E-state index in [9.17, 15) is 9.59 Å². The van der Waals surface area contributed by atoms with Gasteiger partial charge in [-0.3, -0.25) is 9.59 Å². The molecule has 0 atom stereocenters. The van der Waals surface area contributed by atoms with Gasteiger partial charge in [-0.1, -0.05) is 60.7 Å². The Bertz CT molecular complexity index is 1220. The SMILES string of the molecule is O=C(CCCc1ccccc1)Nc1ccccc1NC(=O)c1sc2ccccc2c1Br. The summed E-state index contributed by atoms with van der Waals surface area (Å²) in [6.07, 6.45) is 2.03. The van der Waals surface area contributed by atoms with Crippen molar-refractivity contribution in [2.75, 3.05) is 10.6 Å². The van der Waals surface area contributed by atoms with E-state index in [2.05, 4.69) is 38.7 Å². The summed E-state index contributed by atoms with van der Waals surface area (Å²) in [7, 11) is 0. The molecule has 0 unspecified atom stereocenters. The molecule has 0 spiro atoms. The zero-order valence-electron chi connectivity index (χ0n) is 16.7. The molecule has 1 heterocycles. The van der Waals surface area contributed by atoms with E-state index >= 15 is 0 Å². The molecule has 0 radical (unpaired) electrons. The van der Waals surface area contributed by atoms with Crippen molar-refractivity contribution in [3.63, 3.8) is 0 Å². The van der Waals surface area contributed by atoms with Gasteiger partial charge in [0.15, 0.2) is 0 Å². The Morgan fingerprint density at radius 2 is 1.45 bits per heavy atom. The summed E-state index contributed by atoms with van der Waals surface area (Å²) >= 11 is 4.99. The smallest absolute Gasteiger partial charge is 0.266 e. The molecule has 6 heteroatoms. The average Bonchev–Trinajstić information content (AvgIpc) is 3.13. The van der Waals surface area contributed by atoms with Crippen LogP contribution in [-0.4, -0.2) is 11.8 Å². The van der Waals surface area contributed by atoms with Crippen LogP contribution in [0, 0.1) is 0 Å². The summed E-state index contributed by atoms with van der Waals surface area (Å²) in [5, 5.41) is 6.89. The molecule has 0 aliphatic rings. The number of aryl methyl sites for hydroxylation is 1. The number of carbonyl (C=O) groups excluding carboxylic acids is 2. The number of carbonyl (C=O) groups is 2. The molecule has 31 heavy (non-hydrogen) atoms. The molecule has 2 N–H and O–H groups in total. The lowest BCUT2D eigenvalue weighted by Gasteiger charge is -2.12. The molecule has 1 aromatic heterocycles. The van der Waals surface area contributed by atoms with Gasteiger partial charge in [-0.2, -0.15) is 0 Å². The van der Waals surface area contributed by atoms with Gasteiger partial charge in [-0.05, 0) is 52.5 Å². The Kier molecular flexibility index (Phi) is 6.79. The van der Waals surface area contributed by atoms with Crippen LogP contribution in [0.1, 0.15) is 28.1 Å². The van der Waals surface area contributed by atoms with Crippen molar-refractivity contribution < 1.29 is 9.59 Å². The van der Waals surface area contributed by atoms with Gasteiger partial charge >= 0.3 is 0 Å². The molecule has 0 bridgehead atoms. The number of fused-ring (bicyclic) bond motifs is 1. The molecule has 0 fully saturated rings. The lowest BCUT2D eigenvalue weighted by Crippen LogP contribution is -2.16. The van der Waals surface area contributed by atoms with Crippen molar-refractivity contribution in [1.29, 1.82) is 0 Å². The third-order valence-electron chi connectivity index (χ3n) is 4.90. The van der Waals surface area contributed by atoms with Gasteiger partial charge < -0.3 is 10.6 Å². The first kappa shape index (κ1) is 21.3. The number of thiophene rings is 1. The van der Waals surface area contributed by atoms with E-state index in [0.29, 0.717) is 22.7 Å². The molecule has 0 saturated heterocycles. The minimum absolute atomic E-state index is 0.0688. The van der Waals surface area contributed by atoms with Crippen LogP contribution in [0.2, 0.25) is 0 Å². The Labute approximate surface area is 193 Å². The number of nitrogens with one attached hydrogen (secondary N) is 2. The average molecular weight is 493 g/mol. The third kappa shape index (κ3) is 5.21. The first-order chi connectivity index (χ1) is 15.1. The van der Waals surface area contributed by atoms with E-state index in [1.807, 2.05) is 54.6 Å². The first-order valence-corrected chi connectivity index (χ1v) is 11.6. The second-order valence-corrected chi connectivity index (χ2v) is 8.97. The summed E-state index contributed by atoms with van der Waals surface area (Å²) in [4.78, 5) is 26.0. The number of anilines is 2. The summed E-state index contributed by atoms with van der Waals surface area (Å²) in [5.41, 5.74) is 2.39. The van der Waals surface area contributed by atoms with E-state index in [-0.39, 0.29) is 11.8 Å². The first-order valence-electron chi connectivity index (χ1n) is 10.0. The highest BCUT2D eigenvalue weighted by Gasteiger charge is 2.18. The standard InChI is InChI=1S/C25H21BrN2O2S/c26-23-18-12-4-7-15-21(18)31-24(23)25(30)28-20-14-6-5-13-19(20)27-22(29)16-8-11-17-9-2-1-3-10-17/h1-7,9-10,12-15H,8,11,16H2,(H,27,29)(H,28,30). The minimum Gasteiger partial charge on any atom is -0.324 e. The fourth-order valence-corrected chi connectivity index (χ4v) is 5.24. The van der Waals surface area contributed by atoms with Crippen LogP contribution in [0.15, 0.2) is 83.3 Å². The monoisotopic (exact) mass is 492 g/mol. The lowest BCUT2D eigenvalue weighted by molar-refractivity contribution is -0.116. The Balaban J connectivity index is 1.41. The molecule has 0 aliphatic carbocycles. The van der Waals surface area contributed by atoms with Crippen LogP contribution in [0.25, 0.3) is 10.1 Å². The minimum atomic E-state index is -0.209. The van der Waals surface area contributed by atoms with Crippen molar-refractivity contribution in [3.8, 4) is 0 Å². The third-order valence-corrected chi connectivity index (χ3v) is 7.16. The number of rotatable bonds is 7. The van der Waals surface area contributed by atoms with Gasteiger partial charge in [0, 0.05) is 21.0 Å². The Morgan fingerprint density at radius 1 is 0.806 bits per heavy atom. The highest BCUT2D eigenvalue weighted by Crippen LogP contribution is 2.36. The molecule has 4 rings (SSSR count). The van der Waals surface area contributed by atoms with Gasteiger partial charge in [0.05, 0.1) is 11.4 Å². The van der Waals surface area contributed by atoms with Gasteiger partial charge in [0.25, 0.3) is 5.91 Å². The molecular weight excluding hydrogens is 472 g/mol. The van der Waals surface area contributed by atoms with E-state index in [1.54, 1.807) is 12.1 Å². The predicted octanol–water partition coefficient (Wildman–Crippen LogP) is 6.88. The van der Waals surface area contributed by atoms with Gasteiger partial charge in [0.2, 0.25) is 5.91 Å². The molecule has 4 aromatic rings. The summed E-state index contributed by atoms with van der Waals surface area (Å²) in [5.74, 6) is -0.278. The summed E-state index contributed by atoms with van der Waals surface area (Å²) < 4.78 is 1.83. The van der Waals surface area contributed by atoms with E-state index in [0.717, 1.165) is 27.4 Å². The highest BCUT2D eigenvalue weighted by molar-refractivity contribution is 9.10. The maximum absolute atomic E-state index is 12.9. The van der Waals surface area contributed by atoms with Crippen molar-refractivity contribution in [3.05, 3.63) is 93.8 Å². The van der Waals surface area contributed by atoms with Crippen LogP contribution < -0.4 is 10.6 Å². The fourth-order valence-electron chi connectivity index (χ4n) is 3.35. The number of benzene rings is 3. The highest BCUT2D eigenvalue weighted by atomic mass is 79.9. The second-order valence-electron chi connectivity index (χ2n) is 7.13. The van der Waals surface area contributed by atoms with Crippen LogP contribution in [0.4, 0.5) is 11.4 Å². The molecule has 156 valence electrons. The topological polar surface area (TPSA) is 58.2 Å². The van der Waals surface area contributed by atoms with E-state index in [1.165, 1.54) is 16.9 Å². The molecule has 3 aromatic carbocycles. The maximum atomic E-state index is 12.9. The molecular formula is C25H21BrN2O2S. The zero-order valence-corrected chi connectivity index (χ0v) is 19.1. The molecule has 2 amide bonds. The van der Waals surface area contributed by atoms with Crippen LogP contribution >= 0.6 is 27.3 Å². The Hall–Kier alpha value is -2.96.